The number of carbonyl (C=O) groups is 2. The zero-order chi connectivity index (χ0) is 19.6. The van der Waals surface area contributed by atoms with Gasteiger partial charge in [0.2, 0.25) is 11.8 Å². The number of nitrogens with zero attached hydrogens (tertiary/aromatic N) is 2. The molecule has 0 spiro atoms. The highest BCUT2D eigenvalue weighted by Gasteiger charge is 2.25. The van der Waals surface area contributed by atoms with E-state index in [4.69, 9.17) is 4.42 Å². The fourth-order valence-electron chi connectivity index (χ4n) is 2.91. The first-order valence-corrected chi connectivity index (χ1v) is 8.58. The molecule has 1 unspecified atom stereocenters. The molecule has 140 valence electrons. The van der Waals surface area contributed by atoms with Gasteiger partial charge in [-0.3, -0.25) is 14.2 Å². The first-order valence-electron chi connectivity index (χ1n) is 8.58. The molecule has 0 radical (unpaired) electrons. The predicted octanol–water partition coefficient (Wildman–Crippen LogP) is 2.56. The van der Waals surface area contributed by atoms with Crippen LogP contribution in [0, 0.1) is 6.92 Å². The van der Waals surface area contributed by atoms with Crippen LogP contribution in [0.1, 0.15) is 18.5 Å². The van der Waals surface area contributed by atoms with E-state index in [1.807, 2.05) is 19.1 Å². The summed E-state index contributed by atoms with van der Waals surface area (Å²) in [6.07, 6.45) is 0. The maximum absolute atomic E-state index is 12.7. The number of para-hydroxylation sites is 2. The van der Waals surface area contributed by atoms with E-state index in [0.717, 1.165) is 5.56 Å². The zero-order valence-corrected chi connectivity index (χ0v) is 15.4. The number of amides is 2. The van der Waals surface area contributed by atoms with Gasteiger partial charge in [-0.2, -0.15) is 0 Å². The Morgan fingerprint density at radius 2 is 1.81 bits per heavy atom. The molecule has 1 atom stereocenters. The second-order valence-electron chi connectivity index (χ2n) is 6.49. The molecule has 0 aliphatic carbocycles. The summed E-state index contributed by atoms with van der Waals surface area (Å²) in [5.41, 5.74) is 2.71. The number of hydrogen-bond donors (Lipinski definition) is 1. The average molecular weight is 367 g/mol. The summed E-state index contributed by atoms with van der Waals surface area (Å²) in [5, 5.41) is 2.75. The molecule has 0 saturated carbocycles. The monoisotopic (exact) mass is 367 g/mol. The lowest BCUT2D eigenvalue weighted by molar-refractivity contribution is -0.135. The van der Waals surface area contributed by atoms with Crippen LogP contribution in [0.5, 0.6) is 0 Å². The van der Waals surface area contributed by atoms with E-state index in [9.17, 15) is 14.4 Å². The van der Waals surface area contributed by atoms with Crippen LogP contribution in [0.25, 0.3) is 11.1 Å². The molecule has 0 bridgehead atoms. The number of likely N-dealkylation sites (N-methyl/N-ethyl adjacent to an activating group) is 1. The number of fused-ring (bicyclic) bond motifs is 1. The second kappa shape index (κ2) is 7.49. The quantitative estimate of drug-likeness (QED) is 0.751. The standard InChI is InChI=1S/C20H21N3O4/c1-13-8-10-15(11-9-13)21-18(24)12-22(3)19(25)14(2)23-16-6-4-5-7-17(16)27-20(23)26/h4-11,14H,12H2,1-3H3,(H,21,24). The molecule has 3 aromatic rings. The van der Waals surface area contributed by atoms with Crippen LogP contribution >= 0.6 is 0 Å². The molecule has 0 fully saturated rings. The number of oxazole rings is 1. The van der Waals surface area contributed by atoms with Gasteiger partial charge < -0.3 is 14.6 Å². The Morgan fingerprint density at radius 1 is 1.15 bits per heavy atom. The third kappa shape index (κ3) is 3.92. The van der Waals surface area contributed by atoms with Crippen LogP contribution in [0.2, 0.25) is 0 Å². The lowest BCUT2D eigenvalue weighted by atomic mass is 10.2. The second-order valence-corrected chi connectivity index (χ2v) is 6.49. The lowest BCUT2D eigenvalue weighted by Gasteiger charge is -2.21. The number of hydrogen-bond acceptors (Lipinski definition) is 4. The highest BCUT2D eigenvalue weighted by atomic mass is 16.4. The van der Waals surface area contributed by atoms with Gasteiger partial charge in [0.05, 0.1) is 12.1 Å². The number of nitrogens with one attached hydrogen (secondary N) is 1. The van der Waals surface area contributed by atoms with Crippen molar-refractivity contribution >= 4 is 28.6 Å². The third-order valence-electron chi connectivity index (χ3n) is 4.36. The lowest BCUT2D eigenvalue weighted by Crippen LogP contribution is -2.40. The SMILES string of the molecule is Cc1ccc(NC(=O)CN(C)C(=O)C(C)n2c(=O)oc3ccccc32)cc1. The van der Waals surface area contributed by atoms with Crippen molar-refractivity contribution in [1.29, 1.82) is 0 Å². The molecule has 0 aliphatic heterocycles. The van der Waals surface area contributed by atoms with E-state index >= 15 is 0 Å². The molecule has 7 heteroatoms. The van der Waals surface area contributed by atoms with Gasteiger partial charge in [0.15, 0.2) is 5.58 Å². The minimum absolute atomic E-state index is 0.123. The van der Waals surface area contributed by atoms with Crippen molar-refractivity contribution in [3.05, 3.63) is 64.6 Å². The topological polar surface area (TPSA) is 84.5 Å². The summed E-state index contributed by atoms with van der Waals surface area (Å²) in [6, 6.07) is 13.5. The summed E-state index contributed by atoms with van der Waals surface area (Å²) in [5.74, 6) is -1.27. The van der Waals surface area contributed by atoms with Gasteiger partial charge in [-0.25, -0.2) is 4.79 Å². The van der Waals surface area contributed by atoms with E-state index < -0.39 is 11.8 Å². The van der Waals surface area contributed by atoms with Gasteiger partial charge in [-0.05, 0) is 38.1 Å². The summed E-state index contributed by atoms with van der Waals surface area (Å²) >= 11 is 0. The Balaban J connectivity index is 1.70. The molecule has 0 aliphatic rings. The van der Waals surface area contributed by atoms with Crippen molar-refractivity contribution in [1.82, 2.24) is 9.47 Å². The van der Waals surface area contributed by atoms with Crippen LogP contribution in [-0.4, -0.2) is 34.9 Å². The highest BCUT2D eigenvalue weighted by molar-refractivity contribution is 5.95. The summed E-state index contributed by atoms with van der Waals surface area (Å²) in [7, 11) is 1.53. The van der Waals surface area contributed by atoms with E-state index in [2.05, 4.69) is 5.32 Å². The number of aromatic nitrogens is 1. The number of anilines is 1. The van der Waals surface area contributed by atoms with Gasteiger partial charge in [-0.1, -0.05) is 29.8 Å². The number of rotatable bonds is 5. The van der Waals surface area contributed by atoms with Gasteiger partial charge >= 0.3 is 5.76 Å². The maximum atomic E-state index is 12.7. The Bertz CT molecular complexity index is 1030. The molecule has 0 saturated heterocycles. The summed E-state index contributed by atoms with van der Waals surface area (Å²) < 4.78 is 6.47. The average Bonchev–Trinajstić information content (AvgIpc) is 2.98. The van der Waals surface area contributed by atoms with Crippen LogP contribution in [0.4, 0.5) is 5.69 Å². The van der Waals surface area contributed by atoms with Crippen LogP contribution in [-0.2, 0) is 9.59 Å². The minimum atomic E-state index is -0.793. The molecule has 27 heavy (non-hydrogen) atoms. The summed E-state index contributed by atoms with van der Waals surface area (Å²) in [6.45, 7) is 3.45. The molecule has 2 amide bonds. The van der Waals surface area contributed by atoms with E-state index in [1.54, 1.807) is 43.3 Å². The molecular weight excluding hydrogens is 346 g/mol. The van der Waals surface area contributed by atoms with Crippen LogP contribution < -0.4 is 11.1 Å². The van der Waals surface area contributed by atoms with Crippen LogP contribution in [0.3, 0.4) is 0 Å². The van der Waals surface area contributed by atoms with Crippen molar-refractivity contribution in [2.24, 2.45) is 0 Å². The van der Waals surface area contributed by atoms with Crippen molar-refractivity contribution in [3.8, 4) is 0 Å². The summed E-state index contributed by atoms with van der Waals surface area (Å²) in [4.78, 5) is 38.4. The number of carbonyl (C=O) groups excluding carboxylic acids is 2. The third-order valence-corrected chi connectivity index (χ3v) is 4.36. The number of aryl methyl sites for hydroxylation is 1. The van der Waals surface area contributed by atoms with Crippen molar-refractivity contribution in [3.63, 3.8) is 0 Å². The van der Waals surface area contributed by atoms with Crippen molar-refractivity contribution < 1.29 is 14.0 Å². The fraction of sp³-hybridized carbons (Fsp3) is 0.250. The first-order chi connectivity index (χ1) is 12.9. The predicted molar refractivity (Wildman–Crippen MR) is 103 cm³/mol. The Morgan fingerprint density at radius 3 is 2.52 bits per heavy atom. The van der Waals surface area contributed by atoms with E-state index in [0.29, 0.717) is 16.8 Å². The number of benzene rings is 2. The molecule has 1 heterocycles. The highest BCUT2D eigenvalue weighted by Crippen LogP contribution is 2.18. The Hall–Kier alpha value is -3.35. The zero-order valence-electron chi connectivity index (χ0n) is 15.4. The fourth-order valence-corrected chi connectivity index (χ4v) is 2.91. The van der Waals surface area contributed by atoms with Gasteiger partial charge in [0, 0.05) is 12.7 Å². The van der Waals surface area contributed by atoms with E-state index in [-0.39, 0.29) is 18.4 Å². The van der Waals surface area contributed by atoms with Gasteiger partial charge in [0.1, 0.15) is 6.04 Å². The maximum Gasteiger partial charge on any atom is 0.420 e. The Labute approximate surface area is 156 Å². The Kier molecular flexibility index (Phi) is 5.12. The molecule has 3 rings (SSSR count). The normalized spacial score (nSPS) is 12.0. The minimum Gasteiger partial charge on any atom is -0.408 e. The van der Waals surface area contributed by atoms with Crippen molar-refractivity contribution in [2.75, 3.05) is 18.9 Å². The smallest absolute Gasteiger partial charge is 0.408 e. The molecular formula is C20H21N3O4. The molecule has 1 N–H and O–H groups in total. The molecule has 7 nitrogen and oxygen atoms in total. The van der Waals surface area contributed by atoms with Crippen LogP contribution in [0.15, 0.2) is 57.7 Å². The van der Waals surface area contributed by atoms with Crippen molar-refractivity contribution in [2.45, 2.75) is 19.9 Å². The largest absolute Gasteiger partial charge is 0.420 e. The molecule has 1 aromatic heterocycles. The molecule has 2 aromatic carbocycles. The first kappa shape index (κ1) is 18.4. The van der Waals surface area contributed by atoms with Gasteiger partial charge in [-0.15, -0.1) is 0 Å². The van der Waals surface area contributed by atoms with E-state index in [1.165, 1.54) is 16.5 Å². The van der Waals surface area contributed by atoms with Gasteiger partial charge in [0.25, 0.3) is 0 Å².